The maximum Gasteiger partial charge on any atom is 0.238 e. The highest BCUT2D eigenvalue weighted by Crippen LogP contribution is 2.57. The van der Waals surface area contributed by atoms with Crippen molar-refractivity contribution in [2.75, 3.05) is 11.4 Å². The van der Waals surface area contributed by atoms with Crippen molar-refractivity contribution >= 4 is 22.7 Å². The average Bonchev–Trinajstić information content (AvgIpc) is 3.13. The van der Waals surface area contributed by atoms with Crippen molar-refractivity contribution in [2.24, 2.45) is 0 Å². The van der Waals surface area contributed by atoms with E-state index < -0.39 is 0 Å². The molecule has 3 heterocycles. The number of carbonyl (C=O) groups is 1. The summed E-state index contributed by atoms with van der Waals surface area (Å²) in [5, 5.41) is 11.4. The standard InChI is InChI=1S/C25H26N4O/c1-2-10-29-19-12-16-15-7-5-6-14-13-26-28-21(14)20(15)23-22(27-23)17(16)11-18(19)25(24(29)30)8-3-4-9-25/h2,11-13,22-23,27H,1,3-10H2,(H,26,28). The van der Waals surface area contributed by atoms with E-state index in [2.05, 4.69) is 34.2 Å². The molecule has 2 unspecified atom stereocenters. The minimum absolute atomic E-state index is 0.295. The SMILES string of the molecule is C=CCN1C(=O)C2(CCCC2)c2cc3c(cc21)C1=C(c2[nH]ncc2CCC1)C1NC31. The van der Waals surface area contributed by atoms with E-state index in [0.29, 0.717) is 24.5 Å². The molecule has 2 fully saturated rings. The molecular formula is C25H26N4O. The van der Waals surface area contributed by atoms with Crippen LogP contribution in [0, 0.1) is 0 Å². The molecule has 2 atom stereocenters. The van der Waals surface area contributed by atoms with Gasteiger partial charge in [0.15, 0.2) is 0 Å². The topological polar surface area (TPSA) is 70.9 Å². The van der Waals surface area contributed by atoms with E-state index in [1.54, 1.807) is 0 Å². The van der Waals surface area contributed by atoms with Crippen molar-refractivity contribution in [2.45, 2.75) is 62.4 Å². The van der Waals surface area contributed by atoms with E-state index in [9.17, 15) is 4.79 Å². The zero-order valence-electron chi connectivity index (χ0n) is 17.1. The minimum Gasteiger partial charge on any atom is -0.308 e. The third-order valence-electron chi connectivity index (χ3n) is 8.14. The van der Waals surface area contributed by atoms with Gasteiger partial charge < -0.3 is 4.90 Å². The smallest absolute Gasteiger partial charge is 0.238 e. The number of benzene rings is 1. The van der Waals surface area contributed by atoms with Crippen molar-refractivity contribution in [1.82, 2.24) is 15.5 Å². The van der Waals surface area contributed by atoms with Crippen LogP contribution in [0.1, 0.15) is 72.5 Å². The summed E-state index contributed by atoms with van der Waals surface area (Å²) in [5.74, 6) is 0.295. The molecule has 5 heteroatoms. The van der Waals surface area contributed by atoms with E-state index in [-0.39, 0.29) is 5.41 Å². The Morgan fingerprint density at radius 3 is 2.90 bits per heavy atom. The Bertz CT molecular complexity index is 1150. The number of H-pyrrole nitrogens is 1. The average molecular weight is 399 g/mol. The van der Waals surface area contributed by atoms with Gasteiger partial charge in [-0.15, -0.1) is 6.58 Å². The maximum atomic E-state index is 13.6. The molecule has 1 spiro atoms. The summed E-state index contributed by atoms with van der Waals surface area (Å²) >= 11 is 0. The number of amides is 1. The van der Waals surface area contributed by atoms with Gasteiger partial charge in [0.05, 0.1) is 29.4 Å². The number of rotatable bonds is 2. The predicted octanol–water partition coefficient (Wildman–Crippen LogP) is 4.03. The quantitative estimate of drug-likeness (QED) is 0.593. The van der Waals surface area contributed by atoms with Gasteiger partial charge in [-0.2, -0.15) is 5.10 Å². The van der Waals surface area contributed by atoms with Crippen molar-refractivity contribution in [1.29, 1.82) is 0 Å². The van der Waals surface area contributed by atoms with Crippen molar-refractivity contribution in [3.63, 3.8) is 0 Å². The first kappa shape index (κ1) is 17.1. The minimum atomic E-state index is -0.299. The fraction of sp³-hybridized carbons (Fsp3) is 0.440. The lowest BCUT2D eigenvalue weighted by Crippen LogP contribution is -2.38. The number of aromatic nitrogens is 2. The number of nitrogens with one attached hydrogen (secondary N) is 2. The third kappa shape index (κ3) is 1.97. The van der Waals surface area contributed by atoms with E-state index in [0.717, 1.165) is 50.6 Å². The Labute approximate surface area is 176 Å². The van der Waals surface area contributed by atoms with Gasteiger partial charge in [-0.05, 0) is 66.0 Å². The molecule has 5 aliphatic rings. The predicted molar refractivity (Wildman–Crippen MR) is 117 cm³/mol. The number of anilines is 1. The Morgan fingerprint density at radius 2 is 2.07 bits per heavy atom. The van der Waals surface area contributed by atoms with Gasteiger partial charge >= 0.3 is 0 Å². The number of hydrogen-bond donors (Lipinski definition) is 2. The second-order valence-electron chi connectivity index (χ2n) is 9.59. The van der Waals surface area contributed by atoms with Crippen LogP contribution in [0.3, 0.4) is 0 Å². The molecule has 1 amide bonds. The monoisotopic (exact) mass is 398 g/mol. The lowest BCUT2D eigenvalue weighted by Gasteiger charge is -2.25. The molecule has 5 nitrogen and oxygen atoms in total. The highest BCUT2D eigenvalue weighted by atomic mass is 16.2. The number of fused-ring (bicyclic) bond motifs is 9. The van der Waals surface area contributed by atoms with Crippen LogP contribution in [0.25, 0.3) is 11.1 Å². The highest BCUT2D eigenvalue weighted by molar-refractivity contribution is 6.10. The first-order chi connectivity index (χ1) is 14.7. The molecule has 7 rings (SSSR count). The summed E-state index contributed by atoms with van der Waals surface area (Å²) in [4.78, 5) is 15.6. The van der Waals surface area contributed by atoms with Crippen molar-refractivity contribution < 1.29 is 4.79 Å². The normalized spacial score (nSPS) is 27.3. The summed E-state index contributed by atoms with van der Waals surface area (Å²) in [6.07, 6.45) is 11.4. The molecule has 1 saturated heterocycles. The van der Waals surface area contributed by atoms with Gasteiger partial charge in [-0.1, -0.05) is 25.0 Å². The zero-order valence-corrected chi connectivity index (χ0v) is 17.1. The van der Waals surface area contributed by atoms with Crippen molar-refractivity contribution in [3.8, 4) is 0 Å². The van der Waals surface area contributed by atoms with Crippen LogP contribution < -0.4 is 10.2 Å². The number of hydrogen-bond acceptors (Lipinski definition) is 3. The summed E-state index contributed by atoms with van der Waals surface area (Å²) in [5.41, 5.74) is 10.3. The molecule has 2 N–H and O–H groups in total. The Balaban J connectivity index is 1.47. The fourth-order valence-electron chi connectivity index (χ4n) is 6.74. The fourth-order valence-corrected chi connectivity index (χ4v) is 6.74. The Hall–Kier alpha value is -2.66. The Morgan fingerprint density at radius 1 is 1.20 bits per heavy atom. The van der Waals surface area contributed by atoms with Crippen LogP contribution in [0.2, 0.25) is 0 Å². The van der Waals surface area contributed by atoms with Gasteiger partial charge in [0.25, 0.3) is 0 Å². The molecule has 30 heavy (non-hydrogen) atoms. The van der Waals surface area contributed by atoms with Crippen LogP contribution in [0.5, 0.6) is 0 Å². The molecule has 0 bridgehead atoms. The first-order valence-electron chi connectivity index (χ1n) is 11.4. The van der Waals surface area contributed by atoms with E-state index in [1.165, 1.54) is 39.1 Å². The maximum absolute atomic E-state index is 13.6. The van der Waals surface area contributed by atoms with Gasteiger partial charge in [0.1, 0.15) is 0 Å². The third-order valence-corrected chi connectivity index (χ3v) is 8.14. The van der Waals surface area contributed by atoms with Gasteiger partial charge in [-0.3, -0.25) is 15.2 Å². The summed E-state index contributed by atoms with van der Waals surface area (Å²) in [7, 11) is 0. The first-order valence-corrected chi connectivity index (χ1v) is 11.4. The number of carbonyl (C=O) groups excluding carboxylic acids is 1. The van der Waals surface area contributed by atoms with Gasteiger partial charge in [-0.25, -0.2) is 0 Å². The van der Waals surface area contributed by atoms with Gasteiger partial charge in [0, 0.05) is 17.8 Å². The van der Waals surface area contributed by atoms with E-state index in [1.807, 2.05) is 17.2 Å². The zero-order chi connectivity index (χ0) is 20.0. The van der Waals surface area contributed by atoms with Crippen LogP contribution in [0.4, 0.5) is 5.69 Å². The molecular weight excluding hydrogens is 372 g/mol. The molecule has 2 aliphatic heterocycles. The summed E-state index contributed by atoms with van der Waals surface area (Å²) in [6, 6.07) is 5.48. The molecule has 1 saturated carbocycles. The van der Waals surface area contributed by atoms with Crippen molar-refractivity contribution in [3.05, 3.63) is 58.9 Å². The van der Waals surface area contributed by atoms with E-state index in [4.69, 9.17) is 0 Å². The number of nitrogens with zero attached hydrogens (tertiary/aromatic N) is 2. The van der Waals surface area contributed by atoms with Crippen LogP contribution in [-0.2, 0) is 16.6 Å². The highest BCUT2D eigenvalue weighted by Gasteiger charge is 2.54. The van der Waals surface area contributed by atoms with Gasteiger partial charge in [0.2, 0.25) is 5.91 Å². The lowest BCUT2D eigenvalue weighted by molar-refractivity contribution is -0.122. The second kappa shape index (κ2) is 5.73. The lowest BCUT2D eigenvalue weighted by atomic mass is 9.76. The van der Waals surface area contributed by atoms with Crippen LogP contribution in [0.15, 0.2) is 31.0 Å². The van der Waals surface area contributed by atoms with E-state index >= 15 is 0 Å². The molecule has 1 aromatic heterocycles. The molecule has 2 aromatic rings. The second-order valence-corrected chi connectivity index (χ2v) is 9.59. The summed E-state index contributed by atoms with van der Waals surface area (Å²) < 4.78 is 0. The molecule has 3 aliphatic carbocycles. The Kier molecular flexibility index (Phi) is 3.26. The molecule has 152 valence electrons. The largest absolute Gasteiger partial charge is 0.308 e. The summed E-state index contributed by atoms with van der Waals surface area (Å²) in [6.45, 7) is 4.52. The van der Waals surface area contributed by atoms with Crippen LogP contribution >= 0.6 is 0 Å². The number of aromatic amines is 1. The number of aryl methyl sites for hydroxylation is 1. The molecule has 0 radical (unpaired) electrons. The number of allylic oxidation sites excluding steroid dienone is 1. The van der Waals surface area contributed by atoms with Crippen LogP contribution in [-0.4, -0.2) is 28.7 Å². The molecule has 1 aromatic carbocycles.